The van der Waals surface area contributed by atoms with Gasteiger partial charge in [-0.1, -0.05) is 35.9 Å². The molecule has 0 fully saturated rings. The van der Waals surface area contributed by atoms with Crippen molar-refractivity contribution in [3.63, 3.8) is 0 Å². The van der Waals surface area contributed by atoms with Crippen molar-refractivity contribution in [2.24, 2.45) is 0 Å². The van der Waals surface area contributed by atoms with E-state index in [-0.39, 0.29) is 5.15 Å². The van der Waals surface area contributed by atoms with Crippen LogP contribution in [0.5, 0.6) is 0 Å². The second-order valence-corrected chi connectivity index (χ2v) is 11.5. The normalized spacial score (nSPS) is 11.1. The standard InChI is InChI=1S/C38H27ClN10/c39-36-35(34(27-10-7-17-41-24-27)47-38(48-36)31-12-2-4-19-43-31)49(21-15-25-8-5-13-29-28(25)14-20-44-29)33-22-32(26-9-6-16-40-23-26)45-37(46-33)30-11-1-3-18-42-30/h1-14,16-20,22-24,44H,15,21H2. The van der Waals surface area contributed by atoms with Crippen molar-refractivity contribution in [2.75, 3.05) is 11.4 Å². The molecule has 236 valence electrons. The van der Waals surface area contributed by atoms with Crippen molar-refractivity contribution in [1.29, 1.82) is 0 Å². The molecule has 0 spiro atoms. The Labute approximate surface area is 286 Å². The van der Waals surface area contributed by atoms with E-state index in [1.807, 2.05) is 72.9 Å². The number of H-pyrrole nitrogens is 1. The lowest BCUT2D eigenvalue weighted by Gasteiger charge is -2.27. The number of benzene rings is 1. The zero-order chi connectivity index (χ0) is 33.0. The van der Waals surface area contributed by atoms with Gasteiger partial charge in [-0.2, -0.15) is 0 Å². The molecule has 0 atom stereocenters. The van der Waals surface area contributed by atoms with Gasteiger partial charge >= 0.3 is 0 Å². The van der Waals surface area contributed by atoms with E-state index in [4.69, 9.17) is 31.5 Å². The van der Waals surface area contributed by atoms with Crippen molar-refractivity contribution in [3.05, 3.63) is 145 Å². The van der Waals surface area contributed by atoms with Crippen molar-refractivity contribution < 1.29 is 0 Å². The molecule has 0 saturated heterocycles. The lowest BCUT2D eigenvalue weighted by Crippen LogP contribution is -2.24. The third kappa shape index (κ3) is 6.20. The molecule has 1 N–H and O–H groups in total. The Morgan fingerprint density at radius 1 is 0.633 bits per heavy atom. The van der Waals surface area contributed by atoms with Crippen LogP contribution in [-0.4, -0.2) is 51.4 Å². The van der Waals surface area contributed by atoms with Crippen LogP contribution in [0.4, 0.5) is 11.5 Å². The van der Waals surface area contributed by atoms with Crippen molar-refractivity contribution in [3.8, 4) is 45.6 Å². The second kappa shape index (κ2) is 13.4. The van der Waals surface area contributed by atoms with Crippen LogP contribution in [0.2, 0.25) is 5.15 Å². The van der Waals surface area contributed by atoms with Gasteiger partial charge in [-0.3, -0.25) is 19.9 Å². The van der Waals surface area contributed by atoms with Crippen LogP contribution >= 0.6 is 11.6 Å². The molecule has 0 aliphatic heterocycles. The van der Waals surface area contributed by atoms with Gasteiger partial charge in [0.2, 0.25) is 0 Å². The molecule has 0 amide bonds. The number of aromatic amines is 1. The van der Waals surface area contributed by atoms with Crippen molar-refractivity contribution in [2.45, 2.75) is 6.42 Å². The molecule has 8 rings (SSSR count). The highest BCUT2D eigenvalue weighted by Crippen LogP contribution is 2.40. The summed E-state index contributed by atoms with van der Waals surface area (Å²) >= 11 is 7.24. The maximum absolute atomic E-state index is 7.24. The summed E-state index contributed by atoms with van der Waals surface area (Å²) in [5.41, 5.74) is 6.93. The van der Waals surface area contributed by atoms with E-state index in [1.54, 1.807) is 37.2 Å². The Hall–Kier alpha value is -6.39. The van der Waals surface area contributed by atoms with Crippen LogP contribution in [0.3, 0.4) is 0 Å². The SMILES string of the molecule is Clc1nc(-c2ccccn2)nc(-c2cccnc2)c1N(CCc1cccc2[nH]ccc12)c1cc(-c2cccnc2)nc(-c2ccccn2)n1. The van der Waals surface area contributed by atoms with Gasteiger partial charge in [-0.25, -0.2) is 19.9 Å². The molecular weight excluding hydrogens is 632 g/mol. The highest BCUT2D eigenvalue weighted by Gasteiger charge is 2.26. The van der Waals surface area contributed by atoms with Crippen LogP contribution < -0.4 is 4.90 Å². The van der Waals surface area contributed by atoms with E-state index in [0.29, 0.717) is 58.9 Å². The van der Waals surface area contributed by atoms with Gasteiger partial charge in [0.15, 0.2) is 16.8 Å². The maximum atomic E-state index is 7.24. The quantitative estimate of drug-likeness (QED) is 0.154. The van der Waals surface area contributed by atoms with Gasteiger partial charge in [0, 0.05) is 78.0 Å². The summed E-state index contributed by atoms with van der Waals surface area (Å²) in [6, 6.07) is 29.3. The van der Waals surface area contributed by atoms with Crippen LogP contribution in [0.1, 0.15) is 5.56 Å². The lowest BCUT2D eigenvalue weighted by molar-refractivity contribution is 0.891. The van der Waals surface area contributed by atoms with E-state index in [1.165, 1.54) is 5.56 Å². The number of nitrogens with one attached hydrogen (secondary N) is 1. The van der Waals surface area contributed by atoms with E-state index in [0.717, 1.165) is 22.0 Å². The fraction of sp³-hybridized carbons (Fsp3) is 0.0526. The number of fused-ring (bicyclic) bond motifs is 1. The summed E-state index contributed by atoms with van der Waals surface area (Å²) in [6.45, 7) is 0.481. The first-order valence-corrected chi connectivity index (χ1v) is 16.0. The van der Waals surface area contributed by atoms with E-state index in [2.05, 4.69) is 54.1 Å². The molecule has 49 heavy (non-hydrogen) atoms. The number of hydrogen-bond donors (Lipinski definition) is 1. The molecule has 0 saturated carbocycles. The van der Waals surface area contributed by atoms with E-state index in [9.17, 15) is 0 Å². The summed E-state index contributed by atoms with van der Waals surface area (Å²) in [5.74, 6) is 1.45. The molecule has 1 aromatic carbocycles. The highest BCUT2D eigenvalue weighted by atomic mass is 35.5. The average Bonchev–Trinajstić information content (AvgIpc) is 3.67. The van der Waals surface area contributed by atoms with Gasteiger partial charge in [0.1, 0.15) is 28.6 Å². The second-order valence-electron chi connectivity index (χ2n) is 11.1. The number of anilines is 2. The summed E-state index contributed by atoms with van der Waals surface area (Å²) in [6.07, 6.45) is 13.1. The van der Waals surface area contributed by atoms with Crippen LogP contribution in [0.15, 0.2) is 134 Å². The van der Waals surface area contributed by atoms with Crippen LogP contribution in [-0.2, 0) is 6.42 Å². The topological polar surface area (TPSA) is 122 Å². The van der Waals surface area contributed by atoms with Gasteiger partial charge in [-0.15, -0.1) is 0 Å². The number of pyridine rings is 4. The highest BCUT2D eigenvalue weighted by molar-refractivity contribution is 6.33. The molecule has 7 aromatic heterocycles. The zero-order valence-corrected chi connectivity index (χ0v) is 26.8. The van der Waals surface area contributed by atoms with Crippen molar-refractivity contribution >= 4 is 34.0 Å². The maximum Gasteiger partial charge on any atom is 0.180 e. The first kappa shape index (κ1) is 30.0. The minimum atomic E-state index is 0.246. The fourth-order valence-corrected chi connectivity index (χ4v) is 6.04. The Kier molecular flexibility index (Phi) is 8.19. The van der Waals surface area contributed by atoms with Crippen LogP contribution in [0, 0.1) is 0 Å². The third-order valence-electron chi connectivity index (χ3n) is 8.07. The molecule has 0 bridgehead atoms. The number of halogens is 1. The first-order chi connectivity index (χ1) is 24.2. The largest absolute Gasteiger partial charge is 0.361 e. The zero-order valence-electron chi connectivity index (χ0n) is 26.0. The molecule has 0 aliphatic rings. The number of nitrogens with zero attached hydrogens (tertiary/aromatic N) is 9. The third-order valence-corrected chi connectivity index (χ3v) is 8.33. The molecule has 0 aliphatic carbocycles. The van der Waals surface area contributed by atoms with Crippen molar-refractivity contribution in [1.82, 2.24) is 44.9 Å². The number of hydrogen-bond acceptors (Lipinski definition) is 9. The van der Waals surface area contributed by atoms with E-state index >= 15 is 0 Å². The average molecular weight is 659 g/mol. The fourth-order valence-electron chi connectivity index (χ4n) is 5.77. The first-order valence-electron chi connectivity index (χ1n) is 15.6. The van der Waals surface area contributed by atoms with Gasteiger partial charge in [0.25, 0.3) is 0 Å². The molecule has 0 unspecified atom stereocenters. The minimum absolute atomic E-state index is 0.246. The molecule has 8 aromatic rings. The summed E-state index contributed by atoms with van der Waals surface area (Å²) in [5, 5.41) is 1.39. The van der Waals surface area contributed by atoms with Gasteiger partial charge in [-0.05, 0) is 72.6 Å². The number of aromatic nitrogens is 9. The molecular formula is C38H27ClN10. The van der Waals surface area contributed by atoms with Gasteiger partial charge < -0.3 is 9.88 Å². The minimum Gasteiger partial charge on any atom is -0.361 e. The molecule has 0 radical (unpaired) electrons. The smallest absolute Gasteiger partial charge is 0.180 e. The predicted octanol–water partition coefficient (Wildman–Crippen LogP) is 8.03. The number of rotatable bonds is 9. The van der Waals surface area contributed by atoms with Crippen LogP contribution in [0.25, 0.3) is 56.5 Å². The summed E-state index contributed by atoms with van der Waals surface area (Å²) < 4.78 is 0. The Morgan fingerprint density at radius 3 is 2.06 bits per heavy atom. The van der Waals surface area contributed by atoms with Gasteiger partial charge in [0.05, 0.1) is 5.69 Å². The molecule has 10 nitrogen and oxygen atoms in total. The summed E-state index contributed by atoms with van der Waals surface area (Å²) in [7, 11) is 0. The Morgan fingerprint density at radius 2 is 1.37 bits per heavy atom. The molecule has 7 heterocycles. The van der Waals surface area contributed by atoms with E-state index < -0.39 is 0 Å². The Balaban J connectivity index is 1.36. The summed E-state index contributed by atoms with van der Waals surface area (Å²) in [4.78, 5) is 43.1. The lowest BCUT2D eigenvalue weighted by atomic mass is 10.1. The molecule has 11 heteroatoms. The Bertz CT molecular complexity index is 2290. The monoisotopic (exact) mass is 658 g/mol. The predicted molar refractivity (Wildman–Crippen MR) is 191 cm³/mol.